The molecule has 0 saturated heterocycles. The van der Waals surface area contributed by atoms with Crippen molar-refractivity contribution in [1.82, 2.24) is 9.97 Å². The summed E-state index contributed by atoms with van der Waals surface area (Å²) in [6, 6.07) is 9.87. The summed E-state index contributed by atoms with van der Waals surface area (Å²) < 4.78 is 5.91. The molecule has 1 aromatic heterocycles. The summed E-state index contributed by atoms with van der Waals surface area (Å²) in [7, 11) is 0. The Bertz CT molecular complexity index is 707. The highest BCUT2D eigenvalue weighted by molar-refractivity contribution is 7.99. The van der Waals surface area contributed by atoms with Gasteiger partial charge in [-0.2, -0.15) is 0 Å². The van der Waals surface area contributed by atoms with E-state index in [9.17, 15) is 5.11 Å². The number of hydrogen-bond donors (Lipinski definition) is 2. The molecule has 128 valence electrons. The van der Waals surface area contributed by atoms with Crippen LogP contribution in [0.1, 0.15) is 25.1 Å². The first-order chi connectivity index (χ1) is 11.5. The molecule has 0 bridgehead atoms. The van der Waals surface area contributed by atoms with E-state index in [1.807, 2.05) is 30.3 Å². The van der Waals surface area contributed by atoms with Gasteiger partial charge in [0, 0.05) is 23.3 Å². The summed E-state index contributed by atoms with van der Waals surface area (Å²) in [5.41, 5.74) is 2.71. The topological polar surface area (TPSA) is 75.5 Å². The van der Waals surface area contributed by atoms with Gasteiger partial charge in [0.2, 0.25) is 0 Å². The number of thioether (sulfide) groups is 1. The largest absolute Gasteiger partial charge is 0.394 e. The van der Waals surface area contributed by atoms with Crippen LogP contribution < -0.4 is 0 Å². The monoisotopic (exact) mass is 346 g/mol. The maximum atomic E-state index is 9.65. The first-order valence-corrected chi connectivity index (χ1v) is 8.98. The highest BCUT2D eigenvalue weighted by Gasteiger charge is 2.30. The van der Waals surface area contributed by atoms with Gasteiger partial charge < -0.3 is 14.9 Å². The number of aromatic nitrogens is 2. The highest BCUT2D eigenvalue weighted by Crippen LogP contribution is 2.34. The van der Waals surface area contributed by atoms with E-state index < -0.39 is 6.10 Å². The van der Waals surface area contributed by atoms with Crippen LogP contribution in [0.25, 0.3) is 11.4 Å². The molecule has 0 spiro atoms. The van der Waals surface area contributed by atoms with Crippen molar-refractivity contribution >= 4 is 11.8 Å². The van der Waals surface area contributed by atoms with E-state index in [0.29, 0.717) is 18.2 Å². The minimum Gasteiger partial charge on any atom is -0.394 e. The van der Waals surface area contributed by atoms with Crippen LogP contribution in [-0.4, -0.2) is 44.2 Å². The van der Waals surface area contributed by atoms with Gasteiger partial charge in [-0.15, -0.1) is 11.8 Å². The zero-order chi connectivity index (χ0) is 17.2. The van der Waals surface area contributed by atoms with Gasteiger partial charge in [-0.05, 0) is 13.8 Å². The lowest BCUT2D eigenvalue weighted by atomic mass is 9.96. The van der Waals surface area contributed by atoms with Gasteiger partial charge in [0.05, 0.1) is 30.6 Å². The van der Waals surface area contributed by atoms with Crippen molar-refractivity contribution in [1.29, 1.82) is 0 Å². The molecular weight excluding hydrogens is 324 g/mol. The highest BCUT2D eigenvalue weighted by atomic mass is 32.2. The molecule has 2 heterocycles. The first kappa shape index (κ1) is 17.4. The Balaban J connectivity index is 2.00. The van der Waals surface area contributed by atoms with Crippen molar-refractivity contribution < 1.29 is 14.9 Å². The standard InChI is InChI=1S/C18H22N2O3S/c1-18(2)8-15-14(10-23-18)17(24-11-13(22)9-21)20-16(19-15)12-6-4-3-5-7-12/h3-7,13,21-22H,8-11H2,1-2H3/t13-/m0/s1. The number of hydrogen-bond acceptors (Lipinski definition) is 6. The number of rotatable bonds is 5. The van der Waals surface area contributed by atoms with E-state index in [0.717, 1.165) is 28.3 Å². The molecule has 1 aliphatic heterocycles. The van der Waals surface area contributed by atoms with Gasteiger partial charge in [-0.1, -0.05) is 30.3 Å². The molecule has 0 amide bonds. The molecule has 1 aliphatic rings. The van der Waals surface area contributed by atoms with E-state index in [2.05, 4.69) is 18.8 Å². The maximum absolute atomic E-state index is 9.65. The van der Waals surface area contributed by atoms with Gasteiger partial charge in [-0.3, -0.25) is 0 Å². The number of benzene rings is 1. The third-order valence-electron chi connectivity index (χ3n) is 3.91. The second-order valence-electron chi connectivity index (χ2n) is 6.52. The van der Waals surface area contributed by atoms with Crippen LogP contribution in [0.4, 0.5) is 0 Å². The predicted molar refractivity (Wildman–Crippen MR) is 93.9 cm³/mol. The first-order valence-electron chi connectivity index (χ1n) is 7.99. The Labute approximate surface area is 146 Å². The Morgan fingerprint density at radius 3 is 2.71 bits per heavy atom. The van der Waals surface area contributed by atoms with Crippen molar-refractivity contribution in [3.8, 4) is 11.4 Å². The molecule has 24 heavy (non-hydrogen) atoms. The van der Waals surface area contributed by atoms with Crippen molar-refractivity contribution in [2.75, 3.05) is 12.4 Å². The van der Waals surface area contributed by atoms with Crippen LogP contribution in [0.3, 0.4) is 0 Å². The second-order valence-corrected chi connectivity index (χ2v) is 7.52. The van der Waals surface area contributed by atoms with E-state index in [1.165, 1.54) is 11.8 Å². The quantitative estimate of drug-likeness (QED) is 0.640. The molecule has 1 atom stereocenters. The average molecular weight is 346 g/mol. The van der Waals surface area contributed by atoms with Gasteiger partial charge in [0.15, 0.2) is 5.82 Å². The summed E-state index contributed by atoms with van der Waals surface area (Å²) in [5.74, 6) is 1.07. The Morgan fingerprint density at radius 1 is 1.25 bits per heavy atom. The van der Waals surface area contributed by atoms with Gasteiger partial charge >= 0.3 is 0 Å². The number of nitrogens with zero attached hydrogens (tertiary/aromatic N) is 2. The minimum atomic E-state index is -0.762. The summed E-state index contributed by atoms with van der Waals surface area (Å²) >= 11 is 1.44. The molecule has 2 aromatic rings. The fourth-order valence-electron chi connectivity index (χ4n) is 2.58. The molecule has 1 aromatic carbocycles. The summed E-state index contributed by atoms with van der Waals surface area (Å²) in [5, 5.41) is 19.5. The molecule has 5 nitrogen and oxygen atoms in total. The van der Waals surface area contributed by atoms with Crippen LogP contribution in [0.5, 0.6) is 0 Å². The molecule has 0 unspecified atom stereocenters. The SMILES string of the molecule is CC1(C)Cc2nc(-c3ccccc3)nc(SC[C@@H](O)CO)c2CO1. The van der Waals surface area contributed by atoms with E-state index >= 15 is 0 Å². The van der Waals surface area contributed by atoms with Crippen LogP contribution in [0.2, 0.25) is 0 Å². The number of aliphatic hydroxyl groups excluding tert-OH is 2. The zero-order valence-electron chi connectivity index (χ0n) is 13.9. The minimum absolute atomic E-state index is 0.248. The van der Waals surface area contributed by atoms with E-state index in [4.69, 9.17) is 14.8 Å². The molecule has 0 radical (unpaired) electrons. The number of ether oxygens (including phenoxy) is 1. The number of fused-ring (bicyclic) bond motifs is 1. The van der Waals surface area contributed by atoms with E-state index in [-0.39, 0.29) is 12.2 Å². The summed E-state index contributed by atoms with van der Waals surface area (Å²) in [4.78, 5) is 9.46. The molecule has 0 fully saturated rings. The molecule has 0 saturated carbocycles. The fraction of sp³-hybridized carbons (Fsp3) is 0.444. The number of aliphatic hydroxyl groups is 2. The third-order valence-corrected chi connectivity index (χ3v) is 5.07. The van der Waals surface area contributed by atoms with Crippen LogP contribution >= 0.6 is 11.8 Å². The molecule has 0 aliphatic carbocycles. The van der Waals surface area contributed by atoms with Crippen LogP contribution in [0, 0.1) is 0 Å². The summed E-state index contributed by atoms with van der Waals surface area (Å²) in [6.07, 6.45) is -0.0393. The zero-order valence-corrected chi connectivity index (χ0v) is 14.7. The fourth-order valence-corrected chi connectivity index (χ4v) is 3.54. The van der Waals surface area contributed by atoms with Crippen LogP contribution in [0.15, 0.2) is 35.4 Å². The average Bonchev–Trinajstić information content (AvgIpc) is 2.58. The van der Waals surface area contributed by atoms with Gasteiger partial charge in [0.1, 0.15) is 5.03 Å². The van der Waals surface area contributed by atoms with Crippen molar-refractivity contribution in [2.24, 2.45) is 0 Å². The molecule has 2 N–H and O–H groups in total. The summed E-state index contributed by atoms with van der Waals surface area (Å²) in [6.45, 7) is 4.33. The Kier molecular flexibility index (Phi) is 5.20. The Morgan fingerprint density at radius 2 is 2.00 bits per heavy atom. The Hall–Kier alpha value is -1.47. The van der Waals surface area contributed by atoms with Gasteiger partial charge in [0.25, 0.3) is 0 Å². The van der Waals surface area contributed by atoms with E-state index in [1.54, 1.807) is 0 Å². The second kappa shape index (κ2) is 7.19. The predicted octanol–water partition coefficient (Wildman–Crippen LogP) is 2.44. The normalized spacial score (nSPS) is 17.3. The van der Waals surface area contributed by atoms with Crippen LogP contribution in [-0.2, 0) is 17.8 Å². The lowest BCUT2D eigenvalue weighted by Gasteiger charge is -2.32. The van der Waals surface area contributed by atoms with Gasteiger partial charge in [-0.25, -0.2) is 9.97 Å². The van der Waals surface area contributed by atoms with Crippen molar-refractivity contribution in [2.45, 2.75) is 43.6 Å². The molecule has 6 heteroatoms. The molecular formula is C18H22N2O3S. The maximum Gasteiger partial charge on any atom is 0.160 e. The molecule has 3 rings (SSSR count). The third kappa shape index (κ3) is 3.95. The lowest BCUT2D eigenvalue weighted by Crippen LogP contribution is -2.33. The van der Waals surface area contributed by atoms with Crippen molar-refractivity contribution in [3.63, 3.8) is 0 Å². The van der Waals surface area contributed by atoms with Crippen molar-refractivity contribution in [3.05, 3.63) is 41.6 Å². The lowest BCUT2D eigenvalue weighted by molar-refractivity contribution is -0.0428. The smallest absolute Gasteiger partial charge is 0.160 e.